The molecule has 2 aliphatic rings. The third-order valence-electron chi connectivity index (χ3n) is 5.78. The topological polar surface area (TPSA) is 78.8 Å². The van der Waals surface area contributed by atoms with Crippen LogP contribution in [0.4, 0.5) is 19.0 Å². The molecule has 0 bridgehead atoms. The molecule has 4 rings (SSSR count). The fourth-order valence-corrected chi connectivity index (χ4v) is 4.77. The van der Waals surface area contributed by atoms with Crippen molar-refractivity contribution in [3.63, 3.8) is 0 Å². The Balaban J connectivity index is 1.39. The summed E-state index contributed by atoms with van der Waals surface area (Å²) >= 11 is -0.498. The zero-order chi connectivity index (χ0) is 20.8. The van der Waals surface area contributed by atoms with E-state index in [-0.39, 0.29) is 11.5 Å². The average Bonchev–Trinajstić information content (AvgIpc) is 2.63. The van der Waals surface area contributed by atoms with Crippen molar-refractivity contribution in [2.24, 2.45) is 5.41 Å². The molecule has 1 aliphatic carbocycles. The second-order valence-corrected chi connectivity index (χ2v) is 8.44. The van der Waals surface area contributed by atoms with Crippen LogP contribution >= 0.6 is 0 Å². The number of ether oxygens (including phenoxy) is 1. The van der Waals surface area contributed by atoms with E-state index in [9.17, 15) is 22.5 Å². The molecule has 1 aromatic carbocycles. The van der Waals surface area contributed by atoms with E-state index in [0.717, 1.165) is 29.8 Å². The number of benzene rings is 1. The van der Waals surface area contributed by atoms with E-state index >= 15 is 0 Å². The number of alkyl halides is 3. The molecule has 0 amide bonds. The lowest BCUT2D eigenvalue weighted by atomic mass is 9.60. The van der Waals surface area contributed by atoms with Gasteiger partial charge in [0.05, 0.1) is 24.5 Å². The van der Waals surface area contributed by atoms with Crippen LogP contribution in [0.1, 0.15) is 12.8 Å². The van der Waals surface area contributed by atoms with Crippen molar-refractivity contribution in [2.75, 3.05) is 31.6 Å². The van der Waals surface area contributed by atoms with Crippen LogP contribution in [0.3, 0.4) is 0 Å². The first-order valence-electron chi connectivity index (χ1n) is 9.13. The number of nitrogens with zero attached hydrogens (tertiary/aromatic N) is 4. The molecule has 1 N–H and O–H groups in total. The Labute approximate surface area is 169 Å². The Bertz CT molecular complexity index is 915. The van der Waals surface area contributed by atoms with E-state index in [1.54, 1.807) is 7.11 Å². The maximum absolute atomic E-state index is 12.6. The van der Waals surface area contributed by atoms with E-state index in [4.69, 9.17) is 4.74 Å². The Morgan fingerprint density at radius 2 is 2.10 bits per heavy atom. The summed E-state index contributed by atoms with van der Waals surface area (Å²) in [6, 6.07) is 5.36. The summed E-state index contributed by atoms with van der Waals surface area (Å²) in [5.41, 5.74) is 0.764. The van der Waals surface area contributed by atoms with Gasteiger partial charge < -0.3 is 14.7 Å². The van der Waals surface area contributed by atoms with Crippen molar-refractivity contribution in [3.8, 4) is 5.75 Å². The van der Waals surface area contributed by atoms with Gasteiger partial charge in [-0.2, -0.15) is 13.2 Å². The molecule has 2 aromatic rings. The summed E-state index contributed by atoms with van der Waals surface area (Å²) in [4.78, 5) is 10.8. The number of hydrogen-bond donors (Lipinski definition) is 2. The normalized spacial score (nSPS) is 20.0. The number of aliphatic hydroxyl groups is 1. The molecule has 2 fully saturated rings. The predicted molar refractivity (Wildman–Crippen MR) is 102 cm³/mol. The Hall–Kier alpha value is -1.98. The smallest absolute Gasteiger partial charge is 0.415 e. The number of rotatable bonds is 6. The van der Waals surface area contributed by atoms with Crippen LogP contribution in [0.2, 0.25) is 0 Å². The van der Waals surface area contributed by atoms with Gasteiger partial charge in [-0.25, -0.2) is 18.5 Å². The van der Waals surface area contributed by atoms with Gasteiger partial charge in [-0.1, -0.05) is 0 Å². The van der Waals surface area contributed by atoms with Gasteiger partial charge >= 0.3 is 6.18 Å². The summed E-state index contributed by atoms with van der Waals surface area (Å²) in [7, 11) is 1.59. The van der Waals surface area contributed by atoms with Crippen molar-refractivity contribution in [1.82, 2.24) is 14.3 Å². The molecule has 1 spiro atoms. The molecule has 1 atom stereocenters. The zero-order valence-electron chi connectivity index (χ0n) is 15.6. The molecule has 0 radical (unpaired) electrons. The third kappa shape index (κ3) is 3.78. The highest BCUT2D eigenvalue weighted by atomic mass is 32.2. The number of aliphatic hydroxyl groups excluding tert-OH is 1. The fourth-order valence-electron chi connectivity index (χ4n) is 4.25. The molecule has 1 saturated carbocycles. The van der Waals surface area contributed by atoms with E-state index in [1.807, 2.05) is 18.2 Å². The van der Waals surface area contributed by atoms with E-state index in [2.05, 4.69) is 14.9 Å². The average molecular weight is 430 g/mol. The van der Waals surface area contributed by atoms with Crippen molar-refractivity contribution < 1.29 is 27.2 Å². The minimum atomic E-state index is -4.71. The van der Waals surface area contributed by atoms with E-state index in [0.29, 0.717) is 18.6 Å². The van der Waals surface area contributed by atoms with Gasteiger partial charge in [-0.15, -0.1) is 0 Å². The van der Waals surface area contributed by atoms with Crippen LogP contribution in [0, 0.1) is 5.41 Å². The second kappa shape index (κ2) is 7.37. The van der Waals surface area contributed by atoms with Crippen molar-refractivity contribution >= 4 is 28.6 Å². The molecule has 7 nitrogen and oxygen atoms in total. The van der Waals surface area contributed by atoms with Gasteiger partial charge in [0.25, 0.3) is 0 Å². The predicted octanol–water partition coefficient (Wildman–Crippen LogP) is 1.69. The first-order valence-corrected chi connectivity index (χ1v) is 9.90. The first kappa shape index (κ1) is 20.3. The number of halogens is 3. The number of aromatic nitrogens is 2. The third-order valence-corrected chi connectivity index (χ3v) is 6.48. The summed E-state index contributed by atoms with van der Waals surface area (Å²) in [5.74, 6) is 1.53. The highest BCUT2D eigenvalue weighted by Gasteiger charge is 2.55. The first-order chi connectivity index (χ1) is 13.7. The molecule has 1 aliphatic heterocycles. The summed E-state index contributed by atoms with van der Waals surface area (Å²) in [5, 5.41) is 10.2. The number of thiol groups is 1. The molecule has 1 aromatic heterocycles. The fraction of sp³-hybridized carbons (Fsp3) is 0.556. The molecular weight excluding hydrogens is 409 g/mol. The number of methoxy groups -OCH3 is 1. The zero-order valence-corrected chi connectivity index (χ0v) is 16.5. The van der Waals surface area contributed by atoms with Crippen LogP contribution in [-0.4, -0.2) is 68.7 Å². The van der Waals surface area contributed by atoms with E-state index in [1.165, 1.54) is 10.6 Å². The minimum absolute atomic E-state index is 0.0134. The van der Waals surface area contributed by atoms with E-state index < -0.39 is 30.7 Å². The Morgan fingerprint density at radius 1 is 1.38 bits per heavy atom. The number of hydrogen-bond acceptors (Lipinski definition) is 6. The lowest BCUT2D eigenvalue weighted by Crippen LogP contribution is -2.67. The lowest BCUT2D eigenvalue weighted by Gasteiger charge is -2.60. The molecular formula is C18H21F3N4O3S. The highest BCUT2D eigenvalue weighted by Crippen LogP contribution is 2.51. The Kier molecular flexibility index (Phi) is 5.16. The van der Waals surface area contributed by atoms with Crippen LogP contribution in [0.15, 0.2) is 24.5 Å². The quantitative estimate of drug-likeness (QED) is 0.680. The van der Waals surface area contributed by atoms with Crippen LogP contribution in [0.5, 0.6) is 5.75 Å². The van der Waals surface area contributed by atoms with Crippen molar-refractivity contribution in [3.05, 3.63) is 24.5 Å². The Morgan fingerprint density at radius 3 is 2.72 bits per heavy atom. The van der Waals surface area contributed by atoms with Crippen molar-refractivity contribution in [2.45, 2.75) is 31.2 Å². The van der Waals surface area contributed by atoms with Gasteiger partial charge in [0, 0.05) is 42.5 Å². The summed E-state index contributed by atoms with van der Waals surface area (Å²) in [6.45, 7) is 0.775. The van der Waals surface area contributed by atoms with Gasteiger partial charge in [-0.3, -0.25) is 0 Å². The molecule has 1 unspecified atom stereocenters. The summed E-state index contributed by atoms with van der Waals surface area (Å²) in [6.07, 6.45) is -4.43. The SMILES string of the molecule is COc1ccc2c(N3CC4(CC(N(CC(O)C(F)(F)F)[SH]=O)C4)C3)ncnc2c1. The molecule has 29 heavy (non-hydrogen) atoms. The number of fused-ring (bicyclic) bond motifs is 1. The van der Waals surface area contributed by atoms with Crippen molar-refractivity contribution in [1.29, 1.82) is 0 Å². The standard InChI is InChI=1S/C18H21F3N4O3S/c1-28-12-2-3-13-14(4-12)22-10-23-16(13)24-8-17(9-24)5-11(6-17)25(29-27)7-15(26)18(19,20)21/h2-4,10-11,15,26,29H,5-9H2,1H3. The lowest BCUT2D eigenvalue weighted by molar-refractivity contribution is -0.207. The molecule has 2 heterocycles. The second-order valence-electron chi connectivity index (χ2n) is 7.76. The maximum atomic E-state index is 12.6. The van der Waals surface area contributed by atoms with Crippen LogP contribution in [0.25, 0.3) is 10.9 Å². The largest absolute Gasteiger partial charge is 0.497 e. The van der Waals surface area contributed by atoms with Gasteiger partial charge in [0.1, 0.15) is 17.9 Å². The molecule has 1 saturated heterocycles. The minimum Gasteiger partial charge on any atom is -0.497 e. The maximum Gasteiger partial charge on any atom is 0.415 e. The molecule has 11 heteroatoms. The van der Waals surface area contributed by atoms with Gasteiger partial charge in [0.2, 0.25) is 0 Å². The van der Waals surface area contributed by atoms with Crippen LogP contribution in [-0.2, 0) is 11.9 Å². The van der Waals surface area contributed by atoms with Gasteiger partial charge in [0.15, 0.2) is 6.10 Å². The molecule has 158 valence electrons. The summed E-state index contributed by atoms with van der Waals surface area (Å²) < 4.78 is 55.4. The monoisotopic (exact) mass is 430 g/mol. The van der Waals surface area contributed by atoms with Gasteiger partial charge in [-0.05, 0) is 25.0 Å². The number of anilines is 1. The van der Waals surface area contributed by atoms with Crippen LogP contribution < -0.4 is 9.64 Å². The highest BCUT2D eigenvalue weighted by molar-refractivity contribution is 7.63.